The van der Waals surface area contributed by atoms with E-state index in [9.17, 15) is 10.5 Å². The SMILES string of the molecule is CC.CC.Cc1ccccc1-c1ccccc1C.Cc1ccccc1-c1ccccc1C.Cc1ccccc1-c1ccccc1Cc1c(C)c(C#N)c(C#N)c(Cc2ccccc2-c2ccccc2C)c1C. The number of benzene rings is 9. The van der Waals surface area contributed by atoms with Gasteiger partial charge < -0.3 is 0 Å². The molecule has 9 aromatic rings. The van der Waals surface area contributed by atoms with Gasteiger partial charge in [0, 0.05) is 0 Å². The fourth-order valence-electron chi connectivity index (χ4n) is 9.40. The summed E-state index contributed by atoms with van der Waals surface area (Å²) in [5.74, 6) is 0. The fourth-order valence-corrected chi connectivity index (χ4v) is 9.40. The van der Waals surface area contributed by atoms with Crippen LogP contribution in [0.25, 0.3) is 44.5 Å². The Balaban J connectivity index is 0.000000243. The van der Waals surface area contributed by atoms with Gasteiger partial charge in [0.15, 0.2) is 0 Å². The quantitative estimate of drug-likeness (QED) is 0.152. The van der Waals surface area contributed by atoms with E-state index in [0.717, 1.165) is 33.4 Å². The summed E-state index contributed by atoms with van der Waals surface area (Å²) in [6.07, 6.45) is 1.27. The number of nitriles is 2. The Morgan fingerprint density at radius 2 is 0.486 bits per heavy atom. The Kier molecular flexibility index (Phi) is 20.9. The van der Waals surface area contributed by atoms with Crippen LogP contribution in [0.15, 0.2) is 194 Å². The molecular weight excluding hydrogens is 869 g/mol. The molecule has 0 heterocycles. The van der Waals surface area contributed by atoms with E-state index < -0.39 is 0 Å². The number of aryl methyl sites for hydroxylation is 6. The summed E-state index contributed by atoms with van der Waals surface area (Å²) in [6, 6.07) is 72.6. The molecule has 0 radical (unpaired) electrons. The number of hydrogen-bond donors (Lipinski definition) is 0. The van der Waals surface area contributed by atoms with Crippen LogP contribution in [0.4, 0.5) is 0 Å². The van der Waals surface area contributed by atoms with E-state index in [-0.39, 0.29) is 0 Å². The van der Waals surface area contributed by atoms with E-state index >= 15 is 0 Å². The second-order valence-electron chi connectivity index (χ2n) is 17.7. The van der Waals surface area contributed by atoms with Crippen molar-refractivity contribution >= 4 is 0 Å². The lowest BCUT2D eigenvalue weighted by Crippen LogP contribution is -2.09. The van der Waals surface area contributed by atoms with Crippen molar-refractivity contribution in [2.24, 2.45) is 0 Å². The number of hydrogen-bond acceptors (Lipinski definition) is 2. The minimum absolute atomic E-state index is 0.486. The van der Waals surface area contributed by atoms with E-state index in [1.165, 1.54) is 77.9 Å². The predicted octanol–water partition coefficient (Wildman–Crippen LogP) is 19.2. The van der Waals surface area contributed by atoms with Crippen LogP contribution in [0.2, 0.25) is 0 Å². The highest BCUT2D eigenvalue weighted by atomic mass is 14.3. The molecule has 0 fully saturated rings. The molecule has 2 nitrogen and oxygen atoms in total. The third-order valence-corrected chi connectivity index (χ3v) is 13.3. The van der Waals surface area contributed by atoms with Gasteiger partial charge in [-0.1, -0.05) is 222 Å². The maximum absolute atomic E-state index is 10.3. The second kappa shape index (κ2) is 27.4. The number of nitrogens with zero attached hydrogens (tertiary/aromatic N) is 2. The van der Waals surface area contributed by atoms with Gasteiger partial charge in [0.1, 0.15) is 12.1 Å². The van der Waals surface area contributed by atoms with Crippen molar-refractivity contribution in [2.75, 3.05) is 0 Å². The lowest BCUT2D eigenvalue weighted by Gasteiger charge is -2.21. The van der Waals surface area contributed by atoms with Gasteiger partial charge in [-0.25, -0.2) is 0 Å². The van der Waals surface area contributed by atoms with Crippen LogP contribution < -0.4 is 0 Å². The van der Waals surface area contributed by atoms with Crippen LogP contribution in [0.5, 0.6) is 0 Å². The molecule has 0 amide bonds. The largest absolute Gasteiger partial charge is 0.192 e. The Labute approximate surface area is 433 Å². The number of rotatable bonds is 8. The topological polar surface area (TPSA) is 47.6 Å². The predicted molar refractivity (Wildman–Crippen MR) is 310 cm³/mol. The minimum atomic E-state index is 0.486. The summed E-state index contributed by atoms with van der Waals surface area (Å²) in [4.78, 5) is 0. The highest BCUT2D eigenvalue weighted by Crippen LogP contribution is 2.36. The first kappa shape index (κ1) is 54.9. The molecule has 9 aromatic carbocycles. The molecule has 0 aromatic heterocycles. The van der Waals surface area contributed by atoms with Gasteiger partial charge in [0.2, 0.25) is 0 Å². The minimum Gasteiger partial charge on any atom is -0.192 e. The highest BCUT2D eigenvalue weighted by Gasteiger charge is 2.22. The first-order valence-corrected chi connectivity index (χ1v) is 25.5. The highest BCUT2D eigenvalue weighted by molar-refractivity contribution is 5.75. The molecule has 72 heavy (non-hydrogen) atoms. The smallest absolute Gasteiger partial charge is 0.101 e. The average Bonchev–Trinajstić information content (AvgIpc) is 3.41. The molecule has 0 spiro atoms. The van der Waals surface area contributed by atoms with Gasteiger partial charge in [-0.2, -0.15) is 10.5 Å². The lowest BCUT2D eigenvalue weighted by molar-refractivity contribution is 1.05. The van der Waals surface area contributed by atoms with Gasteiger partial charge in [-0.3, -0.25) is 0 Å². The molecule has 0 saturated carbocycles. The molecular formula is C70H72N2. The van der Waals surface area contributed by atoms with Gasteiger partial charge in [0.25, 0.3) is 0 Å². The van der Waals surface area contributed by atoms with Crippen molar-refractivity contribution in [3.63, 3.8) is 0 Å². The third-order valence-electron chi connectivity index (χ3n) is 13.3. The summed E-state index contributed by atoms with van der Waals surface area (Å²) in [5.41, 5.74) is 25.3. The van der Waals surface area contributed by atoms with Crippen molar-refractivity contribution in [1.29, 1.82) is 10.5 Å². The Bertz CT molecular complexity index is 3120. The van der Waals surface area contributed by atoms with Crippen molar-refractivity contribution in [3.05, 3.63) is 272 Å². The van der Waals surface area contributed by atoms with Gasteiger partial charge >= 0.3 is 0 Å². The second-order valence-corrected chi connectivity index (χ2v) is 17.7. The van der Waals surface area contributed by atoms with Crippen LogP contribution in [0.3, 0.4) is 0 Å². The lowest BCUT2D eigenvalue weighted by atomic mass is 9.81. The molecule has 2 heteroatoms. The normalized spacial score (nSPS) is 10.0. The zero-order chi connectivity index (χ0) is 52.2. The summed E-state index contributed by atoms with van der Waals surface area (Å²) in [7, 11) is 0. The molecule has 0 aliphatic heterocycles. The van der Waals surface area contributed by atoms with Gasteiger partial charge in [-0.05, 0) is 180 Å². The molecule has 0 bridgehead atoms. The maximum Gasteiger partial charge on any atom is 0.101 e. The van der Waals surface area contributed by atoms with E-state index in [1.807, 2.05) is 34.6 Å². The van der Waals surface area contributed by atoms with Crippen molar-refractivity contribution in [3.8, 4) is 56.6 Å². The molecule has 0 aliphatic rings. The molecule has 0 aliphatic carbocycles. The fraction of sp³-hybridized carbons (Fsp3) is 0.200. The average molecular weight is 941 g/mol. The Morgan fingerprint density at radius 1 is 0.264 bits per heavy atom. The molecule has 0 saturated heterocycles. The van der Waals surface area contributed by atoms with Gasteiger partial charge in [0.05, 0.1) is 11.1 Å². The van der Waals surface area contributed by atoms with Crippen LogP contribution in [0, 0.1) is 78.1 Å². The first-order valence-electron chi connectivity index (χ1n) is 25.5. The zero-order valence-electron chi connectivity index (χ0n) is 44.8. The van der Waals surface area contributed by atoms with Crippen LogP contribution in [-0.2, 0) is 12.8 Å². The Morgan fingerprint density at radius 3 is 0.750 bits per heavy atom. The van der Waals surface area contributed by atoms with Gasteiger partial charge in [-0.15, -0.1) is 0 Å². The third kappa shape index (κ3) is 13.2. The monoisotopic (exact) mass is 941 g/mol. The molecule has 0 atom stereocenters. The van der Waals surface area contributed by atoms with Crippen LogP contribution in [-0.4, -0.2) is 0 Å². The van der Waals surface area contributed by atoms with E-state index in [0.29, 0.717) is 24.0 Å². The Hall–Kier alpha value is -8.04. The first-order chi connectivity index (χ1) is 35.0. The van der Waals surface area contributed by atoms with Crippen molar-refractivity contribution in [1.82, 2.24) is 0 Å². The van der Waals surface area contributed by atoms with Crippen molar-refractivity contribution in [2.45, 2.75) is 95.9 Å². The maximum atomic E-state index is 10.3. The molecule has 362 valence electrons. The van der Waals surface area contributed by atoms with Crippen molar-refractivity contribution < 1.29 is 0 Å². The van der Waals surface area contributed by atoms with Crippen LogP contribution in [0.1, 0.15) is 106 Å². The molecule has 0 N–H and O–H groups in total. The summed E-state index contributed by atoms with van der Waals surface area (Å²) < 4.78 is 0. The van der Waals surface area contributed by atoms with E-state index in [2.05, 4.69) is 255 Å². The van der Waals surface area contributed by atoms with Crippen LogP contribution >= 0.6 is 0 Å². The standard InChI is InChI=1S/C38H32N2.2C14H14.2C2H6/c1-25-13-5-9-17-31(25)33-19-11-7-15-29(33)21-35-27(3)36(38(24-40)37(23-39)28(35)4)22-30-16-8-12-20-34(30)32-18-10-6-14-26(32)2;2*1-11-7-3-5-9-13(11)14-10-6-4-8-12(14)2;2*1-2/h5-20H,21-22H2,1-4H3;2*3-10H,1-2H3;2*1-2H3. The molecule has 9 rings (SSSR count). The van der Waals surface area contributed by atoms with E-state index in [1.54, 1.807) is 0 Å². The summed E-state index contributed by atoms with van der Waals surface area (Å²) >= 11 is 0. The summed E-state index contributed by atoms with van der Waals surface area (Å²) in [5, 5.41) is 20.5. The zero-order valence-corrected chi connectivity index (χ0v) is 44.8. The molecule has 0 unspecified atom stereocenters. The van der Waals surface area contributed by atoms with E-state index in [4.69, 9.17) is 0 Å². The summed E-state index contributed by atoms with van der Waals surface area (Å²) in [6.45, 7) is 25.0.